The number of nitrogens with one attached hydrogen (secondary N) is 1. The third kappa shape index (κ3) is 3.29. The van der Waals surface area contributed by atoms with Crippen molar-refractivity contribution in [2.24, 2.45) is 0 Å². The van der Waals surface area contributed by atoms with Gasteiger partial charge in [-0.05, 0) is 52.9 Å². The van der Waals surface area contributed by atoms with Gasteiger partial charge in [-0.1, -0.05) is 0 Å². The van der Waals surface area contributed by atoms with Crippen molar-refractivity contribution in [2.45, 2.75) is 0 Å². The number of carbonyl (C=O) groups is 1. The van der Waals surface area contributed by atoms with E-state index in [0.717, 1.165) is 21.8 Å². The zero-order valence-electron chi connectivity index (χ0n) is 9.97. The molecule has 0 saturated carbocycles. The van der Waals surface area contributed by atoms with Gasteiger partial charge in [0.05, 0.1) is 10.6 Å². The van der Waals surface area contributed by atoms with Crippen LogP contribution in [0, 0.1) is 19.5 Å². The summed E-state index contributed by atoms with van der Waals surface area (Å²) < 4.78 is 14.5. The van der Waals surface area contributed by atoms with E-state index >= 15 is 0 Å². The molecule has 1 N–H and O–H groups in total. The van der Waals surface area contributed by atoms with Gasteiger partial charge in [0.25, 0.3) is 11.6 Å². The van der Waals surface area contributed by atoms with Crippen molar-refractivity contribution in [2.75, 3.05) is 5.32 Å². The summed E-state index contributed by atoms with van der Waals surface area (Å²) in [5.74, 6) is -1.25. The zero-order chi connectivity index (χ0) is 14.7. The number of nitro benzene ring substituents is 1. The molecule has 5 nitrogen and oxygen atoms in total. The Morgan fingerprint density at radius 1 is 1.20 bits per heavy atom. The third-order valence-corrected chi connectivity index (χ3v) is 3.23. The van der Waals surface area contributed by atoms with Gasteiger partial charge in [-0.15, -0.1) is 0 Å². The van der Waals surface area contributed by atoms with Crippen LogP contribution in [-0.2, 0) is 0 Å². The maximum atomic E-state index is 13.5. The molecule has 0 atom stereocenters. The summed E-state index contributed by atoms with van der Waals surface area (Å²) in [5.41, 5.74) is -0.164. The van der Waals surface area contributed by atoms with E-state index in [1.807, 2.05) is 0 Å². The second kappa shape index (κ2) is 5.95. The molecule has 20 heavy (non-hydrogen) atoms. The lowest BCUT2D eigenvalue weighted by molar-refractivity contribution is -0.384. The Labute approximate surface area is 127 Å². The molecule has 2 aromatic carbocycles. The van der Waals surface area contributed by atoms with Gasteiger partial charge in [-0.2, -0.15) is 0 Å². The number of hydrogen-bond acceptors (Lipinski definition) is 3. The molecular formula is C13H8FIN2O3. The lowest BCUT2D eigenvalue weighted by Crippen LogP contribution is -2.13. The largest absolute Gasteiger partial charge is 0.319 e. The molecule has 0 radical (unpaired) electrons. The lowest BCUT2D eigenvalue weighted by atomic mass is 10.2. The molecule has 0 aliphatic carbocycles. The maximum absolute atomic E-state index is 13.5. The predicted molar refractivity (Wildman–Crippen MR) is 80.2 cm³/mol. The quantitative estimate of drug-likeness (QED) is 0.498. The van der Waals surface area contributed by atoms with Crippen LogP contribution in [0.25, 0.3) is 0 Å². The van der Waals surface area contributed by atoms with Crippen LogP contribution in [0.1, 0.15) is 10.4 Å². The van der Waals surface area contributed by atoms with Gasteiger partial charge in [0.15, 0.2) is 0 Å². The number of amides is 1. The first-order valence-corrected chi connectivity index (χ1v) is 6.56. The van der Waals surface area contributed by atoms with Crippen molar-refractivity contribution < 1.29 is 14.1 Å². The fourth-order valence-electron chi connectivity index (χ4n) is 1.52. The smallest absolute Gasteiger partial charge is 0.271 e. The number of rotatable bonds is 3. The van der Waals surface area contributed by atoms with E-state index in [1.165, 1.54) is 0 Å². The second-order valence-corrected chi connectivity index (χ2v) is 5.13. The highest BCUT2D eigenvalue weighted by Crippen LogP contribution is 2.22. The molecule has 0 aromatic heterocycles. The molecule has 0 heterocycles. The van der Waals surface area contributed by atoms with E-state index in [-0.39, 0.29) is 11.4 Å². The highest BCUT2D eigenvalue weighted by atomic mass is 127. The molecule has 0 bridgehead atoms. The van der Waals surface area contributed by atoms with E-state index in [9.17, 15) is 19.3 Å². The predicted octanol–water partition coefficient (Wildman–Crippen LogP) is 3.59. The summed E-state index contributed by atoms with van der Waals surface area (Å²) in [6.07, 6.45) is 0. The first-order chi connectivity index (χ1) is 9.47. The van der Waals surface area contributed by atoms with Gasteiger partial charge in [0.2, 0.25) is 0 Å². The van der Waals surface area contributed by atoms with Crippen LogP contribution in [0.15, 0.2) is 42.5 Å². The van der Waals surface area contributed by atoms with Crippen molar-refractivity contribution in [1.82, 2.24) is 0 Å². The number of benzene rings is 2. The molecule has 7 heteroatoms. The Bertz CT molecular complexity index is 674. The molecular weight excluding hydrogens is 378 g/mol. The van der Waals surface area contributed by atoms with Crippen LogP contribution in [-0.4, -0.2) is 10.8 Å². The van der Waals surface area contributed by atoms with Gasteiger partial charge < -0.3 is 5.32 Å². The molecule has 0 fully saturated rings. The molecule has 0 aliphatic heterocycles. The Morgan fingerprint density at radius 3 is 2.45 bits per heavy atom. The van der Waals surface area contributed by atoms with E-state index in [2.05, 4.69) is 27.9 Å². The monoisotopic (exact) mass is 386 g/mol. The summed E-state index contributed by atoms with van der Waals surface area (Å²) in [6, 6.07) is 9.62. The second-order valence-electron chi connectivity index (χ2n) is 3.88. The van der Waals surface area contributed by atoms with E-state index in [0.29, 0.717) is 5.56 Å². The Morgan fingerprint density at radius 2 is 1.85 bits per heavy atom. The number of nitrogens with zero attached hydrogens (tertiary/aromatic N) is 1. The Balaban J connectivity index is 2.25. The summed E-state index contributed by atoms with van der Waals surface area (Å²) in [5, 5.41) is 12.9. The summed E-state index contributed by atoms with van der Waals surface area (Å²) in [4.78, 5) is 21.9. The molecule has 0 unspecified atom stereocenters. The van der Waals surface area contributed by atoms with Crippen molar-refractivity contribution in [3.63, 3.8) is 0 Å². The SMILES string of the molecule is O=C(Nc1cc([N+](=O)[O-])ccc1F)c1ccc(I)cc1. The third-order valence-electron chi connectivity index (χ3n) is 2.52. The Kier molecular flexibility index (Phi) is 4.28. The zero-order valence-corrected chi connectivity index (χ0v) is 12.1. The number of halogens is 2. The molecule has 2 aromatic rings. The lowest BCUT2D eigenvalue weighted by Gasteiger charge is -2.06. The highest BCUT2D eigenvalue weighted by molar-refractivity contribution is 14.1. The standard InChI is InChI=1S/C13H8FIN2O3/c14-11-6-5-10(17(19)20)7-12(11)16-13(18)8-1-3-9(15)4-2-8/h1-7H,(H,16,18). The Hall–Kier alpha value is -2.03. The molecule has 2 rings (SSSR count). The van der Waals surface area contributed by atoms with Crippen molar-refractivity contribution in [3.8, 4) is 0 Å². The number of nitro groups is 1. The van der Waals surface area contributed by atoms with Gasteiger partial charge in [-0.3, -0.25) is 14.9 Å². The minimum Gasteiger partial charge on any atom is -0.319 e. The van der Waals surface area contributed by atoms with E-state index in [1.54, 1.807) is 24.3 Å². The first kappa shape index (κ1) is 14.4. The van der Waals surface area contributed by atoms with Gasteiger partial charge in [0, 0.05) is 21.3 Å². The van der Waals surface area contributed by atoms with Crippen LogP contribution >= 0.6 is 22.6 Å². The van der Waals surface area contributed by atoms with Gasteiger partial charge in [-0.25, -0.2) is 4.39 Å². The first-order valence-electron chi connectivity index (χ1n) is 5.48. The topological polar surface area (TPSA) is 72.2 Å². The van der Waals surface area contributed by atoms with Crippen LogP contribution < -0.4 is 5.32 Å². The fourth-order valence-corrected chi connectivity index (χ4v) is 1.88. The van der Waals surface area contributed by atoms with Crippen molar-refractivity contribution >= 4 is 39.9 Å². The summed E-state index contributed by atoms with van der Waals surface area (Å²) in [6.45, 7) is 0. The van der Waals surface area contributed by atoms with Gasteiger partial charge in [0.1, 0.15) is 5.82 Å². The van der Waals surface area contributed by atoms with Crippen LogP contribution in [0.2, 0.25) is 0 Å². The number of carbonyl (C=O) groups excluding carboxylic acids is 1. The molecule has 102 valence electrons. The molecule has 0 spiro atoms. The molecule has 0 aliphatic rings. The number of non-ortho nitro benzene ring substituents is 1. The highest BCUT2D eigenvalue weighted by Gasteiger charge is 2.14. The fraction of sp³-hybridized carbons (Fsp3) is 0. The molecule has 1 amide bonds. The minimum atomic E-state index is -0.727. The summed E-state index contributed by atoms with van der Waals surface area (Å²) in [7, 11) is 0. The molecule has 0 saturated heterocycles. The maximum Gasteiger partial charge on any atom is 0.271 e. The number of anilines is 1. The van der Waals surface area contributed by atoms with E-state index in [4.69, 9.17) is 0 Å². The number of hydrogen-bond donors (Lipinski definition) is 1. The van der Waals surface area contributed by atoms with Gasteiger partial charge >= 0.3 is 0 Å². The summed E-state index contributed by atoms with van der Waals surface area (Å²) >= 11 is 2.09. The van der Waals surface area contributed by atoms with Crippen LogP contribution in [0.5, 0.6) is 0 Å². The van der Waals surface area contributed by atoms with Crippen molar-refractivity contribution in [1.29, 1.82) is 0 Å². The van der Waals surface area contributed by atoms with Crippen LogP contribution in [0.3, 0.4) is 0 Å². The van der Waals surface area contributed by atoms with Crippen molar-refractivity contribution in [3.05, 3.63) is 67.5 Å². The minimum absolute atomic E-state index is 0.220. The van der Waals surface area contributed by atoms with E-state index < -0.39 is 16.6 Å². The normalized spacial score (nSPS) is 10.1. The van der Waals surface area contributed by atoms with Crippen LogP contribution in [0.4, 0.5) is 15.8 Å². The average Bonchev–Trinajstić information content (AvgIpc) is 2.41. The average molecular weight is 386 g/mol.